The molecule has 0 radical (unpaired) electrons. The fourth-order valence-corrected chi connectivity index (χ4v) is 5.06. The molecule has 0 aliphatic rings. The minimum absolute atomic E-state index is 0.199. The molecule has 4 rings (SSSR count). The molecule has 44 heavy (non-hydrogen) atoms. The Bertz CT molecular complexity index is 1310. The summed E-state index contributed by atoms with van der Waals surface area (Å²) in [6, 6.07) is 28.8. The van der Waals surface area contributed by atoms with Crippen molar-refractivity contribution < 1.29 is 29.3 Å². The van der Waals surface area contributed by atoms with Crippen molar-refractivity contribution in [3.63, 3.8) is 0 Å². The van der Waals surface area contributed by atoms with Gasteiger partial charge in [0.05, 0.1) is 0 Å². The summed E-state index contributed by atoms with van der Waals surface area (Å²) in [5.41, 5.74) is 3.98. The zero-order valence-electron chi connectivity index (χ0n) is 25.3. The Morgan fingerprint density at radius 1 is 0.386 bits per heavy atom. The van der Waals surface area contributed by atoms with Crippen LogP contribution in [0, 0.1) is 0 Å². The second-order valence-electron chi connectivity index (χ2n) is 11.1. The molecule has 0 heterocycles. The SMILES string of the molecule is O=C(CCCCCCCCCCCCC(=O)Oc1ccc(-c2ccc(O)cc2)cc1)Oc1ccc(-c2ccc(O)cc2)cc1. The summed E-state index contributed by atoms with van der Waals surface area (Å²) in [7, 11) is 0. The van der Waals surface area contributed by atoms with Crippen LogP contribution in [-0.4, -0.2) is 22.2 Å². The number of phenolic OH excluding ortho intramolecular Hbond substituents is 2. The van der Waals surface area contributed by atoms with E-state index in [9.17, 15) is 19.8 Å². The molecule has 230 valence electrons. The van der Waals surface area contributed by atoms with Gasteiger partial charge >= 0.3 is 11.9 Å². The van der Waals surface area contributed by atoms with Crippen molar-refractivity contribution in [3.05, 3.63) is 97.1 Å². The van der Waals surface area contributed by atoms with Crippen LogP contribution in [0.5, 0.6) is 23.0 Å². The number of phenols is 2. The molecule has 6 heteroatoms. The largest absolute Gasteiger partial charge is 0.508 e. The molecule has 6 nitrogen and oxygen atoms in total. The Balaban J connectivity index is 0.958. The molecule has 4 aromatic rings. The standard InChI is InChI=1S/C38H42O6/c39-33-21-13-29(14-22-33)31-17-25-35(26-18-31)43-37(41)11-9-7-5-3-1-2-4-6-8-10-12-38(42)44-36-27-19-32(20-28-36)30-15-23-34(40)24-16-30/h13-28,39-40H,1-12H2. The van der Waals surface area contributed by atoms with Crippen molar-refractivity contribution in [2.75, 3.05) is 0 Å². The molecule has 0 saturated carbocycles. The molecule has 4 aromatic carbocycles. The van der Waals surface area contributed by atoms with Gasteiger partial charge in [0.2, 0.25) is 0 Å². The summed E-state index contributed by atoms with van der Waals surface area (Å²) in [5.74, 6) is 1.16. The predicted octanol–water partition coefficient (Wildman–Crippen LogP) is 9.62. The summed E-state index contributed by atoms with van der Waals surface area (Å²) in [6.07, 6.45) is 11.5. The molecule has 0 bridgehead atoms. The molecule has 0 spiro atoms. The van der Waals surface area contributed by atoms with E-state index < -0.39 is 0 Å². The van der Waals surface area contributed by atoms with Crippen LogP contribution in [0.25, 0.3) is 22.3 Å². The Labute approximate surface area is 260 Å². The molecule has 0 unspecified atom stereocenters. The Morgan fingerprint density at radius 3 is 0.932 bits per heavy atom. The van der Waals surface area contributed by atoms with E-state index in [0.29, 0.717) is 24.3 Å². The number of hydrogen-bond acceptors (Lipinski definition) is 6. The first-order valence-corrected chi connectivity index (χ1v) is 15.7. The topological polar surface area (TPSA) is 93.1 Å². The first-order valence-electron chi connectivity index (χ1n) is 15.7. The highest BCUT2D eigenvalue weighted by molar-refractivity contribution is 5.74. The monoisotopic (exact) mass is 594 g/mol. The number of rotatable bonds is 17. The lowest BCUT2D eigenvalue weighted by molar-refractivity contribution is -0.135. The molecule has 0 fully saturated rings. The van der Waals surface area contributed by atoms with E-state index in [4.69, 9.17) is 9.47 Å². The van der Waals surface area contributed by atoms with Crippen LogP contribution >= 0.6 is 0 Å². The predicted molar refractivity (Wildman–Crippen MR) is 174 cm³/mol. The minimum atomic E-state index is -0.199. The van der Waals surface area contributed by atoms with Crippen LogP contribution in [-0.2, 0) is 9.59 Å². The smallest absolute Gasteiger partial charge is 0.311 e. The Kier molecular flexibility index (Phi) is 12.9. The van der Waals surface area contributed by atoms with Crippen molar-refractivity contribution in [3.8, 4) is 45.3 Å². The van der Waals surface area contributed by atoms with E-state index in [2.05, 4.69) is 0 Å². The van der Waals surface area contributed by atoms with Crippen LogP contribution in [0.1, 0.15) is 77.0 Å². The summed E-state index contributed by atoms with van der Waals surface area (Å²) >= 11 is 0. The average Bonchev–Trinajstić information content (AvgIpc) is 3.03. The van der Waals surface area contributed by atoms with Gasteiger partial charge in [-0.15, -0.1) is 0 Å². The van der Waals surface area contributed by atoms with E-state index in [1.807, 2.05) is 48.5 Å². The molecule has 0 amide bonds. The summed E-state index contributed by atoms with van der Waals surface area (Å²) in [5, 5.41) is 18.9. The fourth-order valence-electron chi connectivity index (χ4n) is 5.06. The van der Waals surface area contributed by atoms with Gasteiger partial charge in [0.15, 0.2) is 0 Å². The number of benzene rings is 4. The quantitative estimate of drug-likeness (QED) is 0.0718. The lowest BCUT2D eigenvalue weighted by Gasteiger charge is -2.07. The number of unbranched alkanes of at least 4 members (excludes halogenated alkanes) is 9. The molecule has 0 aliphatic carbocycles. The lowest BCUT2D eigenvalue weighted by Crippen LogP contribution is -2.07. The van der Waals surface area contributed by atoms with Gasteiger partial charge in [0.1, 0.15) is 23.0 Å². The minimum Gasteiger partial charge on any atom is -0.508 e. The number of ether oxygens (including phenoxy) is 2. The highest BCUT2D eigenvalue weighted by Gasteiger charge is 2.07. The lowest BCUT2D eigenvalue weighted by atomic mass is 10.0. The van der Waals surface area contributed by atoms with E-state index in [1.54, 1.807) is 48.5 Å². The number of esters is 2. The summed E-state index contributed by atoms with van der Waals surface area (Å²) in [6.45, 7) is 0. The van der Waals surface area contributed by atoms with Crippen molar-refractivity contribution in [2.45, 2.75) is 77.0 Å². The Morgan fingerprint density at radius 2 is 0.636 bits per heavy atom. The third-order valence-electron chi connectivity index (χ3n) is 7.59. The number of aromatic hydroxyl groups is 2. The summed E-state index contributed by atoms with van der Waals surface area (Å²) < 4.78 is 10.9. The van der Waals surface area contributed by atoms with Gasteiger partial charge in [-0.1, -0.05) is 99.9 Å². The van der Waals surface area contributed by atoms with E-state index in [-0.39, 0.29) is 23.4 Å². The number of carbonyl (C=O) groups is 2. The molecule has 0 aliphatic heterocycles. The first-order chi connectivity index (χ1) is 21.5. The van der Waals surface area contributed by atoms with Gasteiger partial charge in [-0.05, 0) is 83.6 Å². The summed E-state index contributed by atoms with van der Waals surface area (Å²) in [4.78, 5) is 24.4. The molecular formula is C38H42O6. The molecular weight excluding hydrogens is 552 g/mol. The molecule has 0 saturated heterocycles. The maximum Gasteiger partial charge on any atom is 0.311 e. The second kappa shape index (κ2) is 17.5. The van der Waals surface area contributed by atoms with Gasteiger partial charge in [0, 0.05) is 12.8 Å². The van der Waals surface area contributed by atoms with E-state index in [0.717, 1.165) is 60.8 Å². The maximum atomic E-state index is 12.2. The van der Waals surface area contributed by atoms with Crippen LogP contribution in [0.3, 0.4) is 0 Å². The van der Waals surface area contributed by atoms with Crippen LogP contribution in [0.4, 0.5) is 0 Å². The van der Waals surface area contributed by atoms with Crippen molar-refractivity contribution in [1.29, 1.82) is 0 Å². The van der Waals surface area contributed by atoms with Gasteiger partial charge < -0.3 is 19.7 Å². The first kappa shape index (κ1) is 32.3. The van der Waals surface area contributed by atoms with Crippen LogP contribution in [0.15, 0.2) is 97.1 Å². The zero-order chi connectivity index (χ0) is 31.0. The normalized spacial score (nSPS) is 10.8. The van der Waals surface area contributed by atoms with Crippen molar-refractivity contribution >= 4 is 11.9 Å². The average molecular weight is 595 g/mol. The third kappa shape index (κ3) is 11.3. The van der Waals surface area contributed by atoms with E-state index >= 15 is 0 Å². The van der Waals surface area contributed by atoms with Gasteiger partial charge in [-0.25, -0.2) is 0 Å². The Hall–Kier alpha value is -4.58. The molecule has 0 aromatic heterocycles. The highest BCUT2D eigenvalue weighted by atomic mass is 16.5. The van der Waals surface area contributed by atoms with Gasteiger partial charge in [-0.2, -0.15) is 0 Å². The van der Waals surface area contributed by atoms with Gasteiger partial charge in [-0.3, -0.25) is 9.59 Å². The van der Waals surface area contributed by atoms with Crippen molar-refractivity contribution in [1.82, 2.24) is 0 Å². The van der Waals surface area contributed by atoms with E-state index in [1.165, 1.54) is 25.7 Å². The van der Waals surface area contributed by atoms with Crippen LogP contribution in [0.2, 0.25) is 0 Å². The fraction of sp³-hybridized carbons (Fsp3) is 0.316. The highest BCUT2D eigenvalue weighted by Crippen LogP contribution is 2.26. The second-order valence-corrected chi connectivity index (χ2v) is 11.1. The maximum absolute atomic E-state index is 12.2. The van der Waals surface area contributed by atoms with Crippen molar-refractivity contribution in [2.24, 2.45) is 0 Å². The third-order valence-corrected chi connectivity index (χ3v) is 7.59. The zero-order valence-corrected chi connectivity index (χ0v) is 25.3. The number of carbonyl (C=O) groups excluding carboxylic acids is 2. The molecule has 2 N–H and O–H groups in total. The number of hydrogen-bond donors (Lipinski definition) is 2. The molecule has 0 atom stereocenters. The van der Waals surface area contributed by atoms with Gasteiger partial charge in [0.25, 0.3) is 0 Å². The van der Waals surface area contributed by atoms with Crippen LogP contribution < -0.4 is 9.47 Å².